The van der Waals surface area contributed by atoms with Crippen LogP contribution in [0.3, 0.4) is 0 Å². The first-order valence-corrected chi connectivity index (χ1v) is 17.8. The fraction of sp³-hybridized carbons (Fsp3) is 0.378. The van der Waals surface area contributed by atoms with Crippen molar-refractivity contribution in [2.45, 2.75) is 59.4 Å². The molecule has 272 valence electrons. The largest absolute Gasteiger partial charge is 0.491 e. The first-order valence-electron chi connectivity index (χ1n) is 16.5. The molecule has 0 spiro atoms. The first kappa shape index (κ1) is 37.2. The number of fused-ring (bicyclic) bond motifs is 2. The number of rotatable bonds is 8. The summed E-state index contributed by atoms with van der Waals surface area (Å²) in [6, 6.07) is 9.62. The van der Waals surface area contributed by atoms with E-state index in [4.69, 9.17) is 16.3 Å². The van der Waals surface area contributed by atoms with Crippen LogP contribution < -0.4 is 10.3 Å². The maximum Gasteiger partial charge on any atom is 0.416 e. The summed E-state index contributed by atoms with van der Waals surface area (Å²) in [6.45, 7) is 11.7. The fourth-order valence-electron chi connectivity index (χ4n) is 6.71. The number of alkyl halides is 3. The van der Waals surface area contributed by atoms with Gasteiger partial charge in [-0.1, -0.05) is 11.6 Å². The minimum Gasteiger partial charge on any atom is -0.491 e. The number of carboxylic acid groups (broad SMARTS) is 1. The van der Waals surface area contributed by atoms with E-state index in [0.717, 1.165) is 6.07 Å². The molecule has 2 aromatic carbocycles. The first-order chi connectivity index (χ1) is 24.5. The average molecular weight is 753 g/mol. The van der Waals surface area contributed by atoms with Gasteiger partial charge in [0.25, 0.3) is 5.56 Å². The summed E-state index contributed by atoms with van der Waals surface area (Å²) in [5.41, 5.74) is -0.187. The Labute approximate surface area is 306 Å². The quantitative estimate of drug-likeness (QED) is 0.171. The van der Waals surface area contributed by atoms with E-state index in [1.807, 2.05) is 17.0 Å². The van der Waals surface area contributed by atoms with Crippen LogP contribution in [-0.4, -0.2) is 73.7 Å². The Morgan fingerprint density at radius 3 is 2.42 bits per heavy atom. The summed E-state index contributed by atoms with van der Waals surface area (Å²) in [5, 5.41) is 21.7. The van der Waals surface area contributed by atoms with Gasteiger partial charge in [0, 0.05) is 65.5 Å². The van der Waals surface area contributed by atoms with E-state index in [0.29, 0.717) is 64.0 Å². The van der Waals surface area contributed by atoms with Crippen molar-refractivity contribution in [1.29, 1.82) is 5.26 Å². The Balaban J connectivity index is 1.34. The molecule has 52 heavy (non-hydrogen) atoms. The number of hydrogen-bond acceptors (Lipinski definition) is 9. The van der Waals surface area contributed by atoms with Crippen LogP contribution in [0.2, 0.25) is 5.02 Å². The highest BCUT2D eigenvalue weighted by Crippen LogP contribution is 2.41. The van der Waals surface area contributed by atoms with Crippen molar-refractivity contribution in [2.75, 3.05) is 32.8 Å². The number of nitrogens with zero attached hydrogens (tertiary/aromatic N) is 6. The molecular weight excluding hydrogens is 717 g/mol. The fourth-order valence-corrected chi connectivity index (χ4v) is 7.89. The Morgan fingerprint density at radius 2 is 1.79 bits per heavy atom. The lowest BCUT2D eigenvalue weighted by Crippen LogP contribution is -2.53. The Morgan fingerprint density at radius 1 is 1.08 bits per heavy atom. The molecule has 0 bridgehead atoms. The number of halogens is 4. The Bertz CT molecular complexity index is 2320. The maximum atomic E-state index is 14.5. The van der Waals surface area contributed by atoms with Gasteiger partial charge in [0.05, 0.1) is 44.4 Å². The molecule has 0 unspecified atom stereocenters. The van der Waals surface area contributed by atoms with E-state index in [2.05, 4.69) is 35.6 Å². The van der Waals surface area contributed by atoms with E-state index in [-0.39, 0.29) is 58.7 Å². The van der Waals surface area contributed by atoms with Crippen LogP contribution in [0.15, 0.2) is 40.5 Å². The molecule has 0 aliphatic carbocycles. The smallest absolute Gasteiger partial charge is 0.416 e. The van der Waals surface area contributed by atoms with E-state index >= 15 is 0 Å². The third-order valence-electron chi connectivity index (χ3n) is 9.35. The number of carbonyl (C=O) groups is 1. The van der Waals surface area contributed by atoms with Gasteiger partial charge in [-0.3, -0.25) is 24.1 Å². The van der Waals surface area contributed by atoms with Gasteiger partial charge in [0.1, 0.15) is 24.3 Å². The number of pyridine rings is 1. The number of piperazine rings is 1. The van der Waals surface area contributed by atoms with Crippen LogP contribution in [0, 0.1) is 25.2 Å². The lowest BCUT2D eigenvalue weighted by molar-refractivity contribution is -0.138. The number of carboxylic acids is 1. The molecule has 4 heterocycles. The Kier molecular flexibility index (Phi) is 10.1. The third-order valence-corrected chi connectivity index (χ3v) is 10.6. The van der Waals surface area contributed by atoms with Crippen molar-refractivity contribution in [3.05, 3.63) is 84.9 Å². The van der Waals surface area contributed by atoms with Gasteiger partial charge in [0.2, 0.25) is 0 Å². The summed E-state index contributed by atoms with van der Waals surface area (Å²) in [4.78, 5) is 38.8. The van der Waals surface area contributed by atoms with Crippen molar-refractivity contribution in [3.63, 3.8) is 0 Å². The second kappa shape index (κ2) is 14.1. The predicted molar refractivity (Wildman–Crippen MR) is 194 cm³/mol. The van der Waals surface area contributed by atoms with Crippen molar-refractivity contribution in [3.8, 4) is 22.9 Å². The van der Waals surface area contributed by atoms with Crippen LogP contribution in [0.4, 0.5) is 13.2 Å². The van der Waals surface area contributed by atoms with Crippen LogP contribution in [0.1, 0.15) is 59.3 Å². The molecule has 10 nitrogen and oxygen atoms in total. The molecular formula is C37H36ClF3N6O4S. The Hall–Kier alpha value is -4.55. The average Bonchev–Trinajstić information content (AvgIpc) is 3.50. The van der Waals surface area contributed by atoms with Gasteiger partial charge < -0.3 is 9.84 Å². The molecule has 5 aromatic rings. The third kappa shape index (κ3) is 7.23. The number of aromatic carboxylic acids is 1. The number of aromatic nitrogens is 3. The topological polar surface area (TPSA) is 125 Å². The van der Waals surface area contributed by atoms with Crippen LogP contribution in [-0.2, 0) is 19.3 Å². The van der Waals surface area contributed by atoms with Crippen molar-refractivity contribution in [1.82, 2.24) is 24.3 Å². The van der Waals surface area contributed by atoms with E-state index in [1.54, 1.807) is 25.1 Å². The van der Waals surface area contributed by atoms with Gasteiger partial charge >= 0.3 is 12.1 Å². The molecule has 1 N–H and O–H groups in total. The van der Waals surface area contributed by atoms with Crippen LogP contribution in [0.25, 0.3) is 32.2 Å². The number of nitriles is 1. The molecule has 0 saturated carbocycles. The highest BCUT2D eigenvalue weighted by Gasteiger charge is 2.37. The molecule has 1 aliphatic heterocycles. The lowest BCUT2D eigenvalue weighted by atomic mass is 9.96. The van der Waals surface area contributed by atoms with Crippen molar-refractivity contribution >= 4 is 50.0 Å². The highest BCUT2D eigenvalue weighted by atomic mass is 35.5. The van der Waals surface area contributed by atoms with Gasteiger partial charge in [-0.2, -0.15) is 18.4 Å². The van der Waals surface area contributed by atoms with E-state index < -0.39 is 23.3 Å². The van der Waals surface area contributed by atoms with Crippen LogP contribution in [0.5, 0.6) is 5.75 Å². The molecule has 0 atom stereocenters. The lowest BCUT2D eigenvalue weighted by Gasteiger charge is -2.42. The van der Waals surface area contributed by atoms with Gasteiger partial charge in [-0.15, -0.1) is 11.3 Å². The molecule has 0 radical (unpaired) electrons. The van der Waals surface area contributed by atoms with Gasteiger partial charge in [0.15, 0.2) is 0 Å². The van der Waals surface area contributed by atoms with Gasteiger partial charge in [-0.05, 0) is 70.5 Å². The number of thiophene rings is 1. The maximum absolute atomic E-state index is 14.5. The number of hydrogen-bond donors (Lipinski definition) is 1. The molecule has 1 aliphatic rings. The number of benzene rings is 2. The minimum atomic E-state index is -4.77. The van der Waals surface area contributed by atoms with Crippen molar-refractivity contribution in [2.24, 2.45) is 0 Å². The van der Waals surface area contributed by atoms with Gasteiger partial charge in [-0.25, -0.2) is 9.78 Å². The zero-order valence-electron chi connectivity index (χ0n) is 29.2. The summed E-state index contributed by atoms with van der Waals surface area (Å²) in [6.07, 6.45) is -4.77. The molecule has 1 saturated heterocycles. The highest BCUT2D eigenvalue weighted by molar-refractivity contribution is 7.18. The van der Waals surface area contributed by atoms with E-state index in [1.165, 1.54) is 28.2 Å². The minimum absolute atomic E-state index is 0.0292. The normalized spacial score (nSPS) is 14.6. The molecule has 0 amide bonds. The molecule has 6 rings (SSSR count). The zero-order chi connectivity index (χ0) is 37.7. The predicted octanol–water partition coefficient (Wildman–Crippen LogP) is 7.53. The van der Waals surface area contributed by atoms with E-state index in [9.17, 15) is 33.1 Å². The summed E-state index contributed by atoms with van der Waals surface area (Å²) in [7, 11) is 0. The SMILES string of the molecule is Cc1cc(-c2cc(Cl)ccc2OCCn2c(C)nc3cc(C(F)(F)F)c(CN4CCN(C(C)(C)C)CC4)c(C#N)c3c2=O)c2scc(C(=O)O)c2n1. The molecule has 3 aromatic heterocycles. The monoisotopic (exact) mass is 752 g/mol. The second-order valence-corrected chi connectivity index (χ2v) is 15.1. The van der Waals surface area contributed by atoms with Crippen molar-refractivity contribution < 1.29 is 27.8 Å². The second-order valence-electron chi connectivity index (χ2n) is 13.8. The zero-order valence-corrected chi connectivity index (χ0v) is 30.8. The molecule has 15 heteroatoms. The number of aryl methyl sites for hydroxylation is 2. The summed E-state index contributed by atoms with van der Waals surface area (Å²) >= 11 is 7.62. The standard InChI is InChI=1S/C37H36ClF3N6O4S/c1-20-14-24(33-32(43-20)27(19-52-33)35(49)50)23-15-22(38)6-7-30(23)51-13-12-47-21(2)44-29-16-28(37(39,40)41)26(25(17-42)31(29)34(47)48)18-45-8-10-46(11-9-45)36(3,4)5/h6-7,14-16,19H,8-13,18H2,1-5H3,(H,49,50). The molecule has 1 fully saturated rings. The summed E-state index contributed by atoms with van der Waals surface area (Å²) in [5.74, 6) is -0.530. The summed E-state index contributed by atoms with van der Waals surface area (Å²) < 4.78 is 51.6. The number of ether oxygens (including phenoxy) is 1. The van der Waals surface area contributed by atoms with Crippen LogP contribution >= 0.6 is 22.9 Å².